The van der Waals surface area contributed by atoms with Crippen LogP contribution in [0.2, 0.25) is 0 Å². The van der Waals surface area contributed by atoms with E-state index in [-0.39, 0.29) is 24.4 Å². The molecule has 0 bridgehead atoms. The van der Waals surface area contributed by atoms with Gasteiger partial charge in [0, 0.05) is 57.4 Å². The van der Waals surface area contributed by atoms with Crippen LogP contribution in [-0.2, 0) is 24.4 Å². The van der Waals surface area contributed by atoms with Crippen molar-refractivity contribution in [1.82, 2.24) is 25.1 Å². The van der Waals surface area contributed by atoms with Crippen molar-refractivity contribution in [2.75, 3.05) is 38.0 Å². The van der Waals surface area contributed by atoms with Crippen LogP contribution in [0.1, 0.15) is 47.5 Å². The van der Waals surface area contributed by atoms with Crippen LogP contribution in [-0.4, -0.2) is 81.6 Å². The highest BCUT2D eigenvalue weighted by Gasteiger charge is 2.31. The van der Waals surface area contributed by atoms with Crippen LogP contribution < -0.4 is 15.4 Å². The van der Waals surface area contributed by atoms with Crippen molar-refractivity contribution in [1.29, 1.82) is 0 Å². The number of aliphatic hydroxyl groups excluding tert-OH is 1. The Morgan fingerprint density at radius 2 is 2.05 bits per heavy atom. The standard InChI is InChI=1S/C30H38N6O5/c1-20(2)9-29(38)36-15-24(16-36)34-28-11-22(5-7-32-28)30(39)33-12-25(37)17-35-8-6-21-10-26(4-3-23(21)14-35)40-18-27-13-31-19-41-27/h3-5,7,10-11,13,19-20,24-25,37H,6,8-9,12,14-18H2,1-2H3,(H,32,34)(H,33,39)/t25-/m0/s1. The van der Waals surface area contributed by atoms with Gasteiger partial charge in [-0.25, -0.2) is 9.97 Å². The van der Waals surface area contributed by atoms with E-state index in [9.17, 15) is 14.7 Å². The second-order valence-electron chi connectivity index (χ2n) is 11.2. The molecule has 2 aliphatic rings. The van der Waals surface area contributed by atoms with E-state index in [1.807, 2.05) is 24.8 Å². The molecule has 11 nitrogen and oxygen atoms in total. The van der Waals surface area contributed by atoms with Gasteiger partial charge in [0.2, 0.25) is 5.91 Å². The Balaban J connectivity index is 1.04. The molecule has 2 amide bonds. The summed E-state index contributed by atoms with van der Waals surface area (Å²) in [7, 11) is 0. The van der Waals surface area contributed by atoms with Gasteiger partial charge in [0.15, 0.2) is 12.2 Å². The maximum Gasteiger partial charge on any atom is 0.251 e. The number of nitrogens with one attached hydrogen (secondary N) is 2. The first-order chi connectivity index (χ1) is 19.8. The largest absolute Gasteiger partial charge is 0.486 e. The molecule has 1 saturated heterocycles. The van der Waals surface area contributed by atoms with E-state index in [0.29, 0.717) is 55.7 Å². The number of β-amino-alcohol motifs (C(OH)–C–C–N with tert-alkyl or cyclic N) is 1. The molecule has 1 atom stereocenters. The summed E-state index contributed by atoms with van der Waals surface area (Å²) in [5.41, 5.74) is 2.91. The maximum absolute atomic E-state index is 12.8. The lowest BCUT2D eigenvalue weighted by Gasteiger charge is -2.40. The maximum atomic E-state index is 12.8. The molecule has 5 rings (SSSR count). The number of carbonyl (C=O) groups excluding carboxylic acids is 2. The molecule has 0 aliphatic carbocycles. The van der Waals surface area contributed by atoms with E-state index in [1.54, 1.807) is 24.5 Å². The summed E-state index contributed by atoms with van der Waals surface area (Å²) in [6.07, 6.45) is 5.32. The fourth-order valence-corrected chi connectivity index (χ4v) is 5.09. The molecule has 41 heavy (non-hydrogen) atoms. The molecule has 218 valence electrons. The topological polar surface area (TPSA) is 133 Å². The summed E-state index contributed by atoms with van der Waals surface area (Å²) in [6, 6.07) is 9.53. The van der Waals surface area contributed by atoms with Crippen molar-refractivity contribution in [2.24, 2.45) is 5.92 Å². The summed E-state index contributed by atoms with van der Waals surface area (Å²) in [5, 5.41) is 16.8. The first kappa shape index (κ1) is 28.6. The molecule has 0 saturated carbocycles. The Kier molecular flexibility index (Phi) is 9.15. The van der Waals surface area contributed by atoms with Gasteiger partial charge in [-0.1, -0.05) is 19.9 Å². The number of fused-ring (bicyclic) bond motifs is 1. The minimum absolute atomic E-state index is 0.117. The number of nitrogens with zero attached hydrogens (tertiary/aromatic N) is 4. The van der Waals surface area contributed by atoms with E-state index in [4.69, 9.17) is 9.15 Å². The summed E-state index contributed by atoms with van der Waals surface area (Å²) in [6.45, 7) is 7.82. The molecule has 3 aromatic rings. The molecular formula is C30H38N6O5. The molecular weight excluding hydrogens is 524 g/mol. The second-order valence-corrected chi connectivity index (χ2v) is 11.2. The molecule has 1 fully saturated rings. The Morgan fingerprint density at radius 1 is 1.20 bits per heavy atom. The van der Waals surface area contributed by atoms with Gasteiger partial charge in [-0.3, -0.25) is 14.5 Å². The summed E-state index contributed by atoms with van der Waals surface area (Å²) in [4.78, 5) is 37.2. The van der Waals surface area contributed by atoms with Gasteiger partial charge in [-0.05, 0) is 47.7 Å². The number of aliphatic hydroxyl groups is 1. The first-order valence-corrected chi connectivity index (χ1v) is 14.1. The van der Waals surface area contributed by atoms with Gasteiger partial charge < -0.3 is 29.8 Å². The van der Waals surface area contributed by atoms with Gasteiger partial charge in [0.25, 0.3) is 5.91 Å². The van der Waals surface area contributed by atoms with Crippen molar-refractivity contribution in [3.63, 3.8) is 0 Å². The Labute approximate surface area is 239 Å². The Bertz CT molecular complexity index is 1320. The van der Waals surface area contributed by atoms with E-state index in [0.717, 1.165) is 25.3 Å². The van der Waals surface area contributed by atoms with Crippen LogP contribution in [0.25, 0.3) is 0 Å². The average Bonchev–Trinajstić information content (AvgIpc) is 3.46. The van der Waals surface area contributed by atoms with Crippen molar-refractivity contribution in [2.45, 2.75) is 52.0 Å². The van der Waals surface area contributed by atoms with Crippen LogP contribution in [0.15, 0.2) is 53.5 Å². The first-order valence-electron chi connectivity index (χ1n) is 14.1. The number of hydrogen-bond donors (Lipinski definition) is 3. The average molecular weight is 563 g/mol. The molecule has 3 N–H and O–H groups in total. The third-order valence-electron chi connectivity index (χ3n) is 7.29. The third-order valence-corrected chi connectivity index (χ3v) is 7.29. The van der Waals surface area contributed by atoms with Crippen LogP contribution >= 0.6 is 0 Å². The summed E-state index contributed by atoms with van der Waals surface area (Å²) >= 11 is 0. The smallest absolute Gasteiger partial charge is 0.251 e. The van der Waals surface area contributed by atoms with Gasteiger partial charge in [-0.2, -0.15) is 0 Å². The van der Waals surface area contributed by atoms with E-state index >= 15 is 0 Å². The van der Waals surface area contributed by atoms with Crippen LogP contribution in [0.5, 0.6) is 5.75 Å². The quantitative estimate of drug-likeness (QED) is 0.304. The van der Waals surface area contributed by atoms with Gasteiger partial charge in [-0.15, -0.1) is 0 Å². The lowest BCUT2D eigenvalue weighted by molar-refractivity contribution is -0.135. The number of amides is 2. The summed E-state index contributed by atoms with van der Waals surface area (Å²) < 4.78 is 11.0. The lowest BCUT2D eigenvalue weighted by Crippen LogP contribution is -2.57. The number of ether oxygens (including phenoxy) is 1. The van der Waals surface area contributed by atoms with E-state index in [1.165, 1.54) is 17.5 Å². The molecule has 0 radical (unpaired) electrons. The minimum atomic E-state index is -0.700. The predicted octanol–water partition coefficient (Wildman–Crippen LogP) is 2.47. The highest BCUT2D eigenvalue weighted by atomic mass is 16.5. The Hall–Kier alpha value is -3.96. The SMILES string of the molecule is CC(C)CC(=O)N1CC(Nc2cc(C(=O)NC[C@H](O)CN3CCc4cc(OCc5cnco5)ccc4C3)ccn2)C1. The normalized spacial score (nSPS) is 16.1. The molecule has 0 spiro atoms. The van der Waals surface area contributed by atoms with Crippen molar-refractivity contribution in [3.05, 3.63) is 71.6 Å². The van der Waals surface area contributed by atoms with E-state index < -0.39 is 6.10 Å². The predicted molar refractivity (Wildman–Crippen MR) is 152 cm³/mol. The number of benzene rings is 1. The van der Waals surface area contributed by atoms with Crippen LogP contribution in [0.3, 0.4) is 0 Å². The summed E-state index contributed by atoms with van der Waals surface area (Å²) in [5.74, 6) is 2.30. The molecule has 0 unspecified atom stereocenters. The van der Waals surface area contributed by atoms with Crippen molar-refractivity contribution >= 4 is 17.6 Å². The van der Waals surface area contributed by atoms with Gasteiger partial charge in [0.1, 0.15) is 18.2 Å². The lowest BCUT2D eigenvalue weighted by atomic mass is 9.99. The number of carbonyl (C=O) groups is 2. The highest BCUT2D eigenvalue weighted by molar-refractivity contribution is 5.94. The number of likely N-dealkylation sites (tertiary alicyclic amines) is 1. The highest BCUT2D eigenvalue weighted by Crippen LogP contribution is 2.25. The molecule has 1 aromatic carbocycles. The number of hydrogen-bond acceptors (Lipinski definition) is 9. The number of pyridine rings is 1. The van der Waals surface area contributed by atoms with Crippen LogP contribution in [0, 0.1) is 5.92 Å². The fourth-order valence-electron chi connectivity index (χ4n) is 5.09. The van der Waals surface area contributed by atoms with Crippen molar-refractivity contribution in [3.8, 4) is 5.75 Å². The second kappa shape index (κ2) is 13.1. The minimum Gasteiger partial charge on any atom is -0.486 e. The van der Waals surface area contributed by atoms with Gasteiger partial charge in [0.05, 0.1) is 18.3 Å². The molecule has 2 aromatic heterocycles. The number of rotatable bonds is 12. The van der Waals surface area contributed by atoms with Crippen molar-refractivity contribution < 1.29 is 23.8 Å². The molecule has 4 heterocycles. The molecule has 2 aliphatic heterocycles. The van der Waals surface area contributed by atoms with Gasteiger partial charge >= 0.3 is 0 Å². The van der Waals surface area contributed by atoms with E-state index in [2.05, 4.69) is 37.6 Å². The fraction of sp³-hybridized carbons (Fsp3) is 0.467. The zero-order chi connectivity index (χ0) is 28.8. The zero-order valence-electron chi connectivity index (χ0n) is 23.6. The zero-order valence-corrected chi connectivity index (χ0v) is 23.6. The Morgan fingerprint density at radius 3 is 2.83 bits per heavy atom. The third kappa shape index (κ3) is 7.83. The monoisotopic (exact) mass is 562 g/mol. The van der Waals surface area contributed by atoms with Crippen LogP contribution in [0.4, 0.5) is 5.82 Å². The number of anilines is 1. The number of oxazole rings is 1. The number of aromatic nitrogens is 2. The molecule has 11 heteroatoms.